The maximum Gasteiger partial charge on any atom is 0.337 e. The van der Waals surface area contributed by atoms with Crippen molar-refractivity contribution in [2.75, 3.05) is 12.4 Å². The molecule has 120 valence electrons. The Balaban J connectivity index is 2.19. The number of carbonyl (C=O) groups excluding carboxylic acids is 2. The lowest BCUT2D eigenvalue weighted by molar-refractivity contribution is -0.115. The summed E-state index contributed by atoms with van der Waals surface area (Å²) in [5.41, 5.74) is 2.30. The number of hydrogen-bond acceptors (Lipinski definition) is 3. The summed E-state index contributed by atoms with van der Waals surface area (Å²) in [4.78, 5) is 23.8. The zero-order valence-electron chi connectivity index (χ0n) is 12.7. The van der Waals surface area contributed by atoms with Crippen molar-refractivity contribution in [3.63, 3.8) is 0 Å². The third-order valence-corrected chi connectivity index (χ3v) is 4.04. The average molecular weight is 352 g/mol. The number of anilines is 1. The summed E-state index contributed by atoms with van der Waals surface area (Å²) in [5.74, 6) is -0.736. The molecule has 0 saturated heterocycles. The van der Waals surface area contributed by atoms with Crippen LogP contribution in [-0.4, -0.2) is 19.0 Å². The second kappa shape index (κ2) is 7.49. The molecule has 0 aliphatic carbocycles. The van der Waals surface area contributed by atoms with Gasteiger partial charge in [-0.05, 0) is 42.3 Å². The van der Waals surface area contributed by atoms with Crippen molar-refractivity contribution in [2.45, 2.75) is 13.3 Å². The van der Waals surface area contributed by atoms with Gasteiger partial charge in [0.05, 0.1) is 19.1 Å². The number of halogens is 2. The van der Waals surface area contributed by atoms with E-state index in [-0.39, 0.29) is 12.3 Å². The molecule has 0 aliphatic heterocycles. The van der Waals surface area contributed by atoms with E-state index in [4.69, 9.17) is 23.2 Å². The van der Waals surface area contributed by atoms with E-state index < -0.39 is 5.97 Å². The first-order chi connectivity index (χ1) is 10.9. The minimum absolute atomic E-state index is 0.0421. The first kappa shape index (κ1) is 17.3. The molecule has 0 heterocycles. The number of methoxy groups -OCH3 is 1. The lowest BCUT2D eigenvalue weighted by atomic mass is 10.1. The predicted octanol–water partition coefficient (Wildman–Crippen LogP) is 4.27. The van der Waals surface area contributed by atoms with Gasteiger partial charge < -0.3 is 10.1 Å². The Hall–Kier alpha value is -2.04. The van der Waals surface area contributed by atoms with Gasteiger partial charge in [-0.1, -0.05) is 35.3 Å². The molecule has 0 aliphatic rings. The number of rotatable bonds is 4. The molecule has 1 N–H and O–H groups in total. The fourth-order valence-electron chi connectivity index (χ4n) is 2.06. The zero-order chi connectivity index (χ0) is 17.0. The summed E-state index contributed by atoms with van der Waals surface area (Å²) in [5, 5.41) is 3.64. The lowest BCUT2D eigenvalue weighted by Gasteiger charge is -2.11. The quantitative estimate of drug-likeness (QED) is 0.836. The molecule has 1 amide bonds. The van der Waals surface area contributed by atoms with Crippen molar-refractivity contribution in [2.24, 2.45) is 0 Å². The van der Waals surface area contributed by atoms with Crippen LogP contribution < -0.4 is 5.32 Å². The third kappa shape index (κ3) is 4.24. The average Bonchev–Trinajstić information content (AvgIpc) is 2.52. The number of carbonyl (C=O) groups is 2. The van der Waals surface area contributed by atoms with E-state index in [9.17, 15) is 9.59 Å². The highest BCUT2D eigenvalue weighted by Gasteiger charge is 2.13. The van der Waals surface area contributed by atoms with Crippen LogP contribution in [0.15, 0.2) is 36.4 Å². The number of benzene rings is 2. The molecule has 0 saturated carbocycles. The highest BCUT2D eigenvalue weighted by Crippen LogP contribution is 2.25. The Morgan fingerprint density at radius 2 is 1.78 bits per heavy atom. The molecule has 6 heteroatoms. The normalized spacial score (nSPS) is 10.3. The number of hydrogen-bond donors (Lipinski definition) is 1. The van der Waals surface area contributed by atoms with E-state index >= 15 is 0 Å². The topological polar surface area (TPSA) is 55.4 Å². The summed E-state index contributed by atoms with van der Waals surface area (Å²) in [6.07, 6.45) is 0.0421. The van der Waals surface area contributed by atoms with E-state index in [0.717, 1.165) is 5.56 Å². The van der Waals surface area contributed by atoms with Gasteiger partial charge >= 0.3 is 5.97 Å². The van der Waals surface area contributed by atoms with Crippen molar-refractivity contribution in [1.29, 1.82) is 0 Å². The number of aryl methyl sites for hydroxylation is 1. The molecule has 2 rings (SSSR count). The van der Waals surface area contributed by atoms with Crippen LogP contribution in [0.2, 0.25) is 10.0 Å². The van der Waals surface area contributed by atoms with Gasteiger partial charge in [-0.3, -0.25) is 4.79 Å². The first-order valence-electron chi connectivity index (χ1n) is 6.84. The van der Waals surface area contributed by atoms with Crippen LogP contribution in [0.1, 0.15) is 21.5 Å². The molecule has 0 radical (unpaired) electrons. The maximum atomic E-state index is 12.2. The first-order valence-corrected chi connectivity index (χ1v) is 7.59. The minimum atomic E-state index is -0.463. The fraction of sp³-hybridized carbons (Fsp3) is 0.176. The number of esters is 1. The molecule has 0 atom stereocenters. The van der Waals surface area contributed by atoms with Crippen molar-refractivity contribution in [3.05, 3.63) is 63.1 Å². The minimum Gasteiger partial charge on any atom is -0.465 e. The van der Waals surface area contributed by atoms with Crippen molar-refractivity contribution >= 4 is 40.8 Å². The molecule has 4 nitrogen and oxygen atoms in total. The van der Waals surface area contributed by atoms with Gasteiger partial charge in [0.1, 0.15) is 0 Å². The highest BCUT2D eigenvalue weighted by atomic mass is 35.5. The monoisotopic (exact) mass is 351 g/mol. The van der Waals surface area contributed by atoms with Crippen LogP contribution in [0.3, 0.4) is 0 Å². The molecule has 0 unspecified atom stereocenters. The molecule has 0 bridgehead atoms. The van der Waals surface area contributed by atoms with Crippen molar-refractivity contribution in [3.8, 4) is 0 Å². The second-order valence-electron chi connectivity index (χ2n) is 4.95. The Bertz CT molecular complexity index is 739. The third-order valence-electron chi connectivity index (χ3n) is 3.33. The Morgan fingerprint density at radius 3 is 2.39 bits per heavy atom. The molecule has 0 spiro atoms. The molecular weight excluding hydrogens is 337 g/mol. The van der Waals surface area contributed by atoms with Gasteiger partial charge in [-0.2, -0.15) is 0 Å². The van der Waals surface area contributed by atoms with Gasteiger partial charge in [0.15, 0.2) is 0 Å². The van der Waals surface area contributed by atoms with Crippen LogP contribution in [0.5, 0.6) is 0 Å². The Morgan fingerprint density at radius 1 is 1.13 bits per heavy atom. The van der Waals surface area contributed by atoms with Crippen LogP contribution in [-0.2, 0) is 16.0 Å². The van der Waals surface area contributed by atoms with Crippen LogP contribution in [0, 0.1) is 6.92 Å². The molecular formula is C17H15Cl2NO3. The van der Waals surface area contributed by atoms with Gasteiger partial charge in [0.25, 0.3) is 0 Å². The zero-order valence-corrected chi connectivity index (χ0v) is 14.2. The van der Waals surface area contributed by atoms with Gasteiger partial charge in [0, 0.05) is 15.7 Å². The molecule has 0 fully saturated rings. The van der Waals surface area contributed by atoms with Crippen molar-refractivity contribution < 1.29 is 14.3 Å². The van der Waals surface area contributed by atoms with Crippen LogP contribution in [0.4, 0.5) is 5.69 Å². The summed E-state index contributed by atoms with van der Waals surface area (Å²) in [6, 6.07) is 10.0. The standard InChI is InChI=1S/C17H15Cl2NO3/c1-10-6-7-11(17(22)23-2)8-15(10)20-16(21)9-12-13(18)4-3-5-14(12)19/h3-8H,9H2,1-2H3,(H,20,21). The van der Waals surface area contributed by atoms with E-state index in [0.29, 0.717) is 26.9 Å². The maximum absolute atomic E-state index is 12.2. The van der Waals surface area contributed by atoms with Gasteiger partial charge in [-0.25, -0.2) is 4.79 Å². The lowest BCUT2D eigenvalue weighted by Crippen LogP contribution is -2.16. The molecule has 23 heavy (non-hydrogen) atoms. The SMILES string of the molecule is COC(=O)c1ccc(C)c(NC(=O)Cc2c(Cl)cccc2Cl)c1. The van der Waals surface area contributed by atoms with Crippen LogP contribution >= 0.6 is 23.2 Å². The summed E-state index contributed by atoms with van der Waals surface area (Å²) < 4.78 is 4.68. The molecule has 2 aromatic carbocycles. The second-order valence-corrected chi connectivity index (χ2v) is 5.76. The number of ether oxygens (including phenoxy) is 1. The van der Waals surface area contributed by atoms with E-state index in [1.807, 2.05) is 6.92 Å². The van der Waals surface area contributed by atoms with Crippen LogP contribution in [0.25, 0.3) is 0 Å². The fourth-order valence-corrected chi connectivity index (χ4v) is 2.59. The van der Waals surface area contributed by atoms with Gasteiger partial charge in [0.2, 0.25) is 5.91 Å². The highest BCUT2D eigenvalue weighted by molar-refractivity contribution is 6.36. The predicted molar refractivity (Wildman–Crippen MR) is 91.3 cm³/mol. The summed E-state index contributed by atoms with van der Waals surface area (Å²) in [6.45, 7) is 1.83. The molecule has 0 aromatic heterocycles. The number of amides is 1. The summed E-state index contributed by atoms with van der Waals surface area (Å²) >= 11 is 12.1. The number of nitrogens with one attached hydrogen (secondary N) is 1. The summed E-state index contributed by atoms with van der Waals surface area (Å²) in [7, 11) is 1.31. The molecule has 2 aromatic rings. The van der Waals surface area contributed by atoms with Gasteiger partial charge in [-0.15, -0.1) is 0 Å². The largest absolute Gasteiger partial charge is 0.465 e. The van der Waals surface area contributed by atoms with E-state index in [1.54, 1.807) is 36.4 Å². The van der Waals surface area contributed by atoms with E-state index in [1.165, 1.54) is 7.11 Å². The van der Waals surface area contributed by atoms with E-state index in [2.05, 4.69) is 10.1 Å². The van der Waals surface area contributed by atoms with Crippen molar-refractivity contribution in [1.82, 2.24) is 0 Å². The smallest absolute Gasteiger partial charge is 0.337 e. The Kier molecular flexibility index (Phi) is 5.64. The Labute approximate surface area is 144 Å².